The third-order valence-corrected chi connectivity index (χ3v) is 6.40. The molecular formula is C20H21FN4O2S. The van der Waals surface area contributed by atoms with Gasteiger partial charge < -0.3 is 9.80 Å². The van der Waals surface area contributed by atoms with Gasteiger partial charge in [0.15, 0.2) is 0 Å². The minimum Gasteiger partial charge on any atom is -0.366 e. The fraction of sp³-hybridized carbons (Fsp3) is 0.350. The van der Waals surface area contributed by atoms with E-state index in [1.807, 2.05) is 18.7 Å². The molecule has 0 unspecified atom stereocenters. The maximum Gasteiger partial charge on any atom is 0.262 e. The monoisotopic (exact) mass is 400 g/mol. The van der Waals surface area contributed by atoms with E-state index in [0.29, 0.717) is 42.1 Å². The van der Waals surface area contributed by atoms with Crippen molar-refractivity contribution in [2.75, 3.05) is 31.1 Å². The molecule has 1 aliphatic rings. The normalized spacial score (nSPS) is 14.7. The van der Waals surface area contributed by atoms with Gasteiger partial charge in [-0.25, -0.2) is 9.37 Å². The molecule has 3 heterocycles. The van der Waals surface area contributed by atoms with Crippen LogP contribution in [0.1, 0.15) is 10.4 Å². The van der Waals surface area contributed by atoms with Crippen molar-refractivity contribution < 1.29 is 9.18 Å². The van der Waals surface area contributed by atoms with Gasteiger partial charge in [-0.3, -0.25) is 14.2 Å². The highest BCUT2D eigenvalue weighted by Gasteiger charge is 2.23. The van der Waals surface area contributed by atoms with E-state index in [2.05, 4.69) is 4.98 Å². The molecule has 1 aromatic carbocycles. The number of benzene rings is 1. The first kappa shape index (κ1) is 18.6. The highest BCUT2D eigenvalue weighted by Crippen LogP contribution is 2.25. The number of para-hydroxylation sites is 1. The molecule has 4 rings (SSSR count). The molecule has 0 atom stereocenters. The number of nitrogens with zero attached hydrogens (tertiary/aromatic N) is 4. The Labute approximate surface area is 165 Å². The lowest BCUT2D eigenvalue weighted by Gasteiger charge is -2.36. The summed E-state index contributed by atoms with van der Waals surface area (Å²) in [5, 5.41) is 0.599. The predicted octanol–water partition coefficient (Wildman–Crippen LogP) is 2.56. The van der Waals surface area contributed by atoms with Crippen molar-refractivity contribution in [2.24, 2.45) is 0 Å². The lowest BCUT2D eigenvalue weighted by molar-refractivity contribution is -0.132. The third kappa shape index (κ3) is 3.28. The molecule has 6 nitrogen and oxygen atoms in total. The summed E-state index contributed by atoms with van der Waals surface area (Å²) in [4.78, 5) is 35.2. The van der Waals surface area contributed by atoms with Gasteiger partial charge >= 0.3 is 0 Å². The average molecular weight is 400 g/mol. The number of fused-ring (bicyclic) bond motifs is 1. The lowest BCUT2D eigenvalue weighted by atomic mass is 10.2. The van der Waals surface area contributed by atoms with E-state index >= 15 is 0 Å². The molecule has 1 fully saturated rings. The van der Waals surface area contributed by atoms with Gasteiger partial charge in [0.2, 0.25) is 5.91 Å². The van der Waals surface area contributed by atoms with Crippen LogP contribution in [0.2, 0.25) is 0 Å². The molecule has 1 amide bonds. The van der Waals surface area contributed by atoms with E-state index in [1.165, 1.54) is 28.3 Å². The summed E-state index contributed by atoms with van der Waals surface area (Å²) in [7, 11) is 0. The summed E-state index contributed by atoms with van der Waals surface area (Å²) in [6.07, 6.45) is 1.45. The van der Waals surface area contributed by atoms with E-state index in [-0.39, 0.29) is 23.8 Å². The van der Waals surface area contributed by atoms with Crippen molar-refractivity contribution in [1.82, 2.24) is 14.5 Å². The van der Waals surface area contributed by atoms with Gasteiger partial charge in [0, 0.05) is 31.1 Å². The van der Waals surface area contributed by atoms with Crippen LogP contribution in [-0.4, -0.2) is 46.5 Å². The Hall–Kier alpha value is -2.74. The van der Waals surface area contributed by atoms with Crippen LogP contribution in [0.4, 0.5) is 10.1 Å². The van der Waals surface area contributed by atoms with Crippen LogP contribution in [0.5, 0.6) is 0 Å². The van der Waals surface area contributed by atoms with Crippen molar-refractivity contribution in [2.45, 2.75) is 20.4 Å². The minimum absolute atomic E-state index is 0.0319. The molecule has 146 valence electrons. The number of thiophene rings is 1. The van der Waals surface area contributed by atoms with Crippen molar-refractivity contribution in [3.05, 3.63) is 57.2 Å². The van der Waals surface area contributed by atoms with Gasteiger partial charge in [-0.15, -0.1) is 11.3 Å². The number of carbonyl (C=O) groups is 1. The summed E-state index contributed by atoms with van der Waals surface area (Å²) < 4.78 is 15.3. The Balaban J connectivity index is 1.46. The second kappa shape index (κ2) is 7.35. The van der Waals surface area contributed by atoms with Crippen LogP contribution in [0, 0.1) is 19.7 Å². The van der Waals surface area contributed by atoms with Crippen LogP contribution in [0.15, 0.2) is 35.4 Å². The van der Waals surface area contributed by atoms with Crippen molar-refractivity contribution >= 4 is 33.1 Å². The predicted molar refractivity (Wildman–Crippen MR) is 109 cm³/mol. The highest BCUT2D eigenvalue weighted by atomic mass is 32.1. The quantitative estimate of drug-likeness (QED) is 0.678. The Morgan fingerprint density at radius 3 is 2.61 bits per heavy atom. The lowest BCUT2D eigenvalue weighted by Crippen LogP contribution is -2.50. The number of hydrogen-bond donors (Lipinski definition) is 0. The molecule has 1 aliphatic heterocycles. The SMILES string of the molecule is Cc1sc2ncn(CC(=O)N3CCN(c4ccccc4F)CC3)c(=O)c2c1C. The first-order chi connectivity index (χ1) is 13.5. The maximum atomic E-state index is 14.0. The summed E-state index contributed by atoms with van der Waals surface area (Å²) >= 11 is 1.49. The molecular weight excluding hydrogens is 379 g/mol. The topological polar surface area (TPSA) is 58.4 Å². The summed E-state index contributed by atoms with van der Waals surface area (Å²) in [6.45, 7) is 5.94. The summed E-state index contributed by atoms with van der Waals surface area (Å²) in [5.41, 5.74) is 1.31. The molecule has 0 bridgehead atoms. The van der Waals surface area contributed by atoms with E-state index in [9.17, 15) is 14.0 Å². The van der Waals surface area contributed by atoms with Crippen molar-refractivity contribution in [1.29, 1.82) is 0 Å². The second-order valence-corrected chi connectivity index (χ2v) is 8.16. The van der Waals surface area contributed by atoms with E-state index < -0.39 is 0 Å². The zero-order valence-electron chi connectivity index (χ0n) is 15.8. The Kier molecular flexibility index (Phi) is 4.89. The Bertz CT molecular complexity index is 1100. The van der Waals surface area contributed by atoms with Gasteiger partial charge in [-0.1, -0.05) is 12.1 Å². The fourth-order valence-corrected chi connectivity index (χ4v) is 4.52. The molecule has 0 spiro atoms. The smallest absolute Gasteiger partial charge is 0.262 e. The molecule has 0 N–H and O–H groups in total. The molecule has 1 saturated heterocycles. The maximum absolute atomic E-state index is 14.0. The minimum atomic E-state index is -0.255. The molecule has 0 saturated carbocycles. The molecule has 0 radical (unpaired) electrons. The number of aryl methyl sites for hydroxylation is 2. The summed E-state index contributed by atoms with van der Waals surface area (Å²) in [5.74, 6) is -0.379. The fourth-order valence-electron chi connectivity index (χ4n) is 3.53. The van der Waals surface area contributed by atoms with Crippen LogP contribution in [0.3, 0.4) is 0 Å². The van der Waals surface area contributed by atoms with E-state index in [4.69, 9.17) is 0 Å². The van der Waals surface area contributed by atoms with Crippen molar-refractivity contribution in [3.8, 4) is 0 Å². The largest absolute Gasteiger partial charge is 0.366 e. The zero-order valence-corrected chi connectivity index (χ0v) is 16.6. The van der Waals surface area contributed by atoms with Gasteiger partial charge in [0.25, 0.3) is 5.56 Å². The van der Waals surface area contributed by atoms with E-state index in [1.54, 1.807) is 23.1 Å². The molecule has 3 aromatic rings. The Morgan fingerprint density at radius 1 is 1.18 bits per heavy atom. The van der Waals surface area contributed by atoms with Crippen LogP contribution < -0.4 is 10.5 Å². The number of hydrogen-bond acceptors (Lipinski definition) is 5. The average Bonchev–Trinajstić information content (AvgIpc) is 2.99. The highest BCUT2D eigenvalue weighted by molar-refractivity contribution is 7.18. The van der Waals surface area contributed by atoms with Crippen LogP contribution in [0.25, 0.3) is 10.2 Å². The third-order valence-electron chi connectivity index (χ3n) is 5.29. The second-order valence-electron chi connectivity index (χ2n) is 6.96. The Morgan fingerprint density at radius 2 is 1.89 bits per heavy atom. The number of halogens is 1. The van der Waals surface area contributed by atoms with Crippen molar-refractivity contribution in [3.63, 3.8) is 0 Å². The van der Waals surface area contributed by atoms with Gasteiger partial charge in [-0.05, 0) is 31.5 Å². The van der Waals surface area contributed by atoms with E-state index in [0.717, 1.165) is 10.4 Å². The van der Waals surface area contributed by atoms with Gasteiger partial charge in [0.05, 0.1) is 17.4 Å². The summed E-state index contributed by atoms with van der Waals surface area (Å²) in [6, 6.07) is 6.66. The van der Waals surface area contributed by atoms with Gasteiger partial charge in [-0.2, -0.15) is 0 Å². The number of aromatic nitrogens is 2. The number of rotatable bonds is 3. The number of carbonyl (C=O) groups excluding carboxylic acids is 1. The molecule has 28 heavy (non-hydrogen) atoms. The number of amides is 1. The number of piperazine rings is 1. The standard InChI is InChI=1S/C20H21FN4O2S/c1-13-14(2)28-19-18(13)20(27)25(12-22-19)11-17(26)24-9-7-23(8-10-24)16-6-4-3-5-15(16)21/h3-6,12H,7-11H2,1-2H3. The van der Waals surface area contributed by atoms with Crippen LogP contribution in [-0.2, 0) is 11.3 Å². The first-order valence-electron chi connectivity index (χ1n) is 9.18. The van der Waals surface area contributed by atoms with Gasteiger partial charge in [0.1, 0.15) is 17.2 Å². The zero-order chi connectivity index (χ0) is 19.8. The molecule has 0 aliphatic carbocycles. The molecule has 2 aromatic heterocycles. The van der Waals surface area contributed by atoms with Crippen LogP contribution >= 0.6 is 11.3 Å². The number of anilines is 1. The first-order valence-corrected chi connectivity index (χ1v) is 9.99. The molecule has 8 heteroatoms.